The van der Waals surface area contributed by atoms with E-state index in [9.17, 15) is 4.79 Å². The van der Waals surface area contributed by atoms with Crippen LogP contribution in [0, 0.1) is 0 Å². The minimum absolute atomic E-state index is 0.101. The normalized spacial score (nSPS) is 10.9. The number of anilines is 1. The summed E-state index contributed by atoms with van der Waals surface area (Å²) >= 11 is 3.23. The molecular formula is C24H23N3O2S2. The van der Waals surface area contributed by atoms with E-state index in [1.165, 1.54) is 11.3 Å². The van der Waals surface area contributed by atoms with E-state index in [2.05, 4.69) is 11.9 Å². The maximum atomic E-state index is 13.5. The molecule has 0 aliphatic rings. The van der Waals surface area contributed by atoms with E-state index in [-0.39, 0.29) is 5.91 Å². The van der Waals surface area contributed by atoms with Crippen LogP contribution in [0.15, 0.2) is 71.8 Å². The summed E-state index contributed by atoms with van der Waals surface area (Å²) in [4.78, 5) is 25.6. The first-order valence-corrected chi connectivity index (χ1v) is 12.0. The average Bonchev–Trinajstić information content (AvgIpc) is 3.24. The molecule has 2 heterocycles. The molecule has 0 saturated heterocycles. The molecule has 2 aromatic carbocycles. The molecular weight excluding hydrogens is 426 g/mol. The van der Waals surface area contributed by atoms with Crippen LogP contribution in [0.3, 0.4) is 0 Å². The topological polar surface area (TPSA) is 55.3 Å². The summed E-state index contributed by atoms with van der Waals surface area (Å²) in [5.74, 6) is 1.62. The van der Waals surface area contributed by atoms with Gasteiger partial charge in [-0.2, -0.15) is 0 Å². The van der Waals surface area contributed by atoms with Crippen molar-refractivity contribution in [3.63, 3.8) is 0 Å². The number of benzene rings is 2. The SMILES string of the molecule is CCOc1cccc2sc(N(Cc3ccccn3)C(=O)c3ccc(SCC)cc3)nc12. The fraction of sp³-hybridized carbons (Fsp3) is 0.208. The lowest BCUT2D eigenvalue weighted by Crippen LogP contribution is -2.30. The zero-order chi connectivity index (χ0) is 21.6. The van der Waals surface area contributed by atoms with Crippen LogP contribution in [-0.2, 0) is 6.54 Å². The number of aromatic nitrogens is 2. The van der Waals surface area contributed by atoms with E-state index in [1.807, 2.05) is 67.6 Å². The van der Waals surface area contributed by atoms with Gasteiger partial charge in [0.2, 0.25) is 0 Å². The van der Waals surface area contributed by atoms with E-state index in [4.69, 9.17) is 9.72 Å². The predicted octanol–water partition coefficient (Wildman–Crippen LogP) is 6.05. The van der Waals surface area contributed by atoms with E-state index in [1.54, 1.807) is 22.9 Å². The molecule has 4 rings (SSSR count). The molecule has 0 spiro atoms. The molecule has 0 saturated carbocycles. The number of carbonyl (C=O) groups is 1. The molecule has 158 valence electrons. The average molecular weight is 450 g/mol. The molecule has 0 aliphatic heterocycles. The molecule has 0 fully saturated rings. The highest BCUT2D eigenvalue weighted by atomic mass is 32.2. The Hall–Kier alpha value is -2.90. The first kappa shape index (κ1) is 21.3. The fourth-order valence-electron chi connectivity index (χ4n) is 3.20. The van der Waals surface area contributed by atoms with Crippen LogP contribution in [0.1, 0.15) is 29.9 Å². The first-order chi connectivity index (χ1) is 15.2. The molecule has 0 aliphatic carbocycles. The van der Waals surface area contributed by atoms with Gasteiger partial charge in [0.05, 0.1) is 23.5 Å². The highest BCUT2D eigenvalue weighted by molar-refractivity contribution is 7.99. The van der Waals surface area contributed by atoms with Crippen molar-refractivity contribution in [1.29, 1.82) is 0 Å². The van der Waals surface area contributed by atoms with Gasteiger partial charge in [0, 0.05) is 16.7 Å². The lowest BCUT2D eigenvalue weighted by molar-refractivity contribution is 0.0984. The molecule has 0 radical (unpaired) electrons. The van der Waals surface area contributed by atoms with Crippen molar-refractivity contribution < 1.29 is 9.53 Å². The Morgan fingerprint density at radius 1 is 1.06 bits per heavy atom. The van der Waals surface area contributed by atoms with Crippen LogP contribution in [0.25, 0.3) is 10.2 Å². The van der Waals surface area contributed by atoms with Gasteiger partial charge in [-0.1, -0.05) is 30.4 Å². The Morgan fingerprint density at radius 2 is 1.90 bits per heavy atom. The molecule has 0 N–H and O–H groups in total. The van der Waals surface area contributed by atoms with Crippen molar-refractivity contribution in [3.8, 4) is 5.75 Å². The maximum Gasteiger partial charge on any atom is 0.260 e. The molecule has 0 atom stereocenters. The van der Waals surface area contributed by atoms with Gasteiger partial charge in [-0.15, -0.1) is 11.8 Å². The summed E-state index contributed by atoms with van der Waals surface area (Å²) in [6, 6.07) is 19.3. The molecule has 0 unspecified atom stereocenters. The van der Waals surface area contributed by atoms with E-state index >= 15 is 0 Å². The third-order valence-corrected chi connectivity index (χ3v) is 6.54. The number of nitrogens with zero attached hydrogens (tertiary/aromatic N) is 3. The summed E-state index contributed by atoms with van der Waals surface area (Å²) < 4.78 is 6.72. The molecule has 7 heteroatoms. The summed E-state index contributed by atoms with van der Waals surface area (Å²) in [7, 11) is 0. The van der Waals surface area contributed by atoms with Crippen molar-refractivity contribution in [2.45, 2.75) is 25.3 Å². The van der Waals surface area contributed by atoms with E-state index in [0.717, 1.165) is 32.3 Å². The maximum absolute atomic E-state index is 13.5. The number of fused-ring (bicyclic) bond motifs is 1. The zero-order valence-electron chi connectivity index (χ0n) is 17.4. The number of pyridine rings is 1. The molecule has 5 nitrogen and oxygen atoms in total. The number of ether oxygens (including phenoxy) is 1. The highest BCUT2D eigenvalue weighted by Crippen LogP contribution is 2.35. The summed E-state index contributed by atoms with van der Waals surface area (Å²) in [6.07, 6.45) is 1.74. The van der Waals surface area contributed by atoms with Crippen LogP contribution in [0.5, 0.6) is 5.75 Å². The number of rotatable bonds is 8. The Kier molecular flexibility index (Phi) is 6.84. The molecule has 2 aromatic heterocycles. The highest BCUT2D eigenvalue weighted by Gasteiger charge is 2.23. The van der Waals surface area contributed by atoms with Gasteiger partial charge in [0.25, 0.3) is 5.91 Å². The van der Waals surface area contributed by atoms with Gasteiger partial charge in [-0.3, -0.25) is 14.7 Å². The van der Waals surface area contributed by atoms with Crippen LogP contribution in [0.2, 0.25) is 0 Å². The minimum atomic E-state index is -0.101. The zero-order valence-corrected chi connectivity index (χ0v) is 19.1. The molecule has 0 bridgehead atoms. The van der Waals surface area contributed by atoms with Crippen LogP contribution < -0.4 is 9.64 Å². The Balaban J connectivity index is 1.73. The van der Waals surface area contributed by atoms with Gasteiger partial charge >= 0.3 is 0 Å². The van der Waals surface area contributed by atoms with Gasteiger partial charge < -0.3 is 4.74 Å². The second-order valence-electron chi connectivity index (χ2n) is 6.70. The third-order valence-electron chi connectivity index (χ3n) is 4.61. The fourth-order valence-corrected chi connectivity index (χ4v) is 4.84. The van der Waals surface area contributed by atoms with Crippen molar-refractivity contribution in [3.05, 3.63) is 78.1 Å². The number of carbonyl (C=O) groups excluding carboxylic acids is 1. The molecule has 1 amide bonds. The summed E-state index contributed by atoms with van der Waals surface area (Å²) in [6.45, 7) is 4.96. The van der Waals surface area contributed by atoms with E-state index < -0.39 is 0 Å². The smallest absolute Gasteiger partial charge is 0.260 e. The van der Waals surface area contributed by atoms with Crippen molar-refractivity contribution in [1.82, 2.24) is 9.97 Å². The first-order valence-electron chi connectivity index (χ1n) is 10.2. The number of thioether (sulfide) groups is 1. The lowest BCUT2D eigenvalue weighted by Gasteiger charge is -2.19. The van der Waals surface area contributed by atoms with Crippen molar-refractivity contribution >= 4 is 44.4 Å². The molecule has 31 heavy (non-hydrogen) atoms. The molecule has 4 aromatic rings. The summed E-state index contributed by atoms with van der Waals surface area (Å²) in [5.41, 5.74) is 2.21. The Morgan fingerprint density at radius 3 is 2.61 bits per heavy atom. The Bertz CT molecular complexity index is 1160. The summed E-state index contributed by atoms with van der Waals surface area (Å²) in [5, 5.41) is 0.629. The van der Waals surface area contributed by atoms with Gasteiger partial charge in [-0.25, -0.2) is 4.98 Å². The lowest BCUT2D eigenvalue weighted by atomic mass is 10.2. The quantitative estimate of drug-likeness (QED) is 0.307. The number of hydrogen-bond donors (Lipinski definition) is 0. The second-order valence-corrected chi connectivity index (χ2v) is 9.05. The number of hydrogen-bond acceptors (Lipinski definition) is 6. The van der Waals surface area contributed by atoms with Gasteiger partial charge in [0.1, 0.15) is 11.3 Å². The number of para-hydroxylation sites is 1. The monoisotopic (exact) mass is 449 g/mol. The van der Waals surface area contributed by atoms with Crippen molar-refractivity contribution in [2.75, 3.05) is 17.3 Å². The predicted molar refractivity (Wildman–Crippen MR) is 128 cm³/mol. The standard InChI is InChI=1S/C24H23N3O2S2/c1-3-29-20-9-7-10-21-22(20)26-24(31-21)27(16-18-8-5-6-15-25-18)23(28)17-11-13-19(14-12-17)30-4-2/h5-15H,3-4,16H2,1-2H3. The second kappa shape index (κ2) is 9.94. The van der Waals surface area contributed by atoms with Gasteiger partial charge in [-0.05, 0) is 61.2 Å². The minimum Gasteiger partial charge on any atom is -0.492 e. The third kappa shape index (κ3) is 4.89. The van der Waals surface area contributed by atoms with Crippen molar-refractivity contribution in [2.24, 2.45) is 0 Å². The number of thiazole rings is 1. The van der Waals surface area contributed by atoms with Crippen LogP contribution in [-0.4, -0.2) is 28.2 Å². The van der Waals surface area contributed by atoms with Crippen LogP contribution in [0.4, 0.5) is 5.13 Å². The van der Waals surface area contributed by atoms with Gasteiger partial charge in [0.15, 0.2) is 5.13 Å². The Labute approximate surface area is 190 Å². The van der Waals surface area contributed by atoms with Crippen LogP contribution >= 0.6 is 23.1 Å². The largest absolute Gasteiger partial charge is 0.492 e. The van der Waals surface area contributed by atoms with E-state index in [0.29, 0.717) is 23.8 Å². The number of amides is 1.